The van der Waals surface area contributed by atoms with Crippen LogP contribution in [0.25, 0.3) is 0 Å². The highest BCUT2D eigenvalue weighted by molar-refractivity contribution is 7.92. The molecule has 0 saturated carbocycles. The number of amides is 1. The maximum atomic E-state index is 12.5. The van der Waals surface area contributed by atoms with Crippen molar-refractivity contribution in [3.63, 3.8) is 0 Å². The molecule has 2 aromatic rings. The molecule has 0 unspecified atom stereocenters. The van der Waals surface area contributed by atoms with Crippen molar-refractivity contribution >= 4 is 21.6 Å². The third-order valence-electron chi connectivity index (χ3n) is 3.34. The molecule has 0 atom stereocenters. The number of halogens is 3. The summed E-state index contributed by atoms with van der Waals surface area (Å²) in [6.45, 7) is 0. The molecule has 1 amide bonds. The Morgan fingerprint density at radius 2 is 1.56 bits per heavy atom. The summed E-state index contributed by atoms with van der Waals surface area (Å²) < 4.78 is 64.3. The largest absolute Gasteiger partial charge is 0.416 e. The molecule has 0 aliphatic rings. The van der Waals surface area contributed by atoms with Gasteiger partial charge in [-0.15, -0.1) is 0 Å². The number of carbonyl (C=O) groups excluding carboxylic acids is 1. The lowest BCUT2D eigenvalue weighted by Gasteiger charge is -2.10. The summed E-state index contributed by atoms with van der Waals surface area (Å²) in [6.07, 6.45) is -4.38. The molecule has 5 nitrogen and oxygen atoms in total. The molecule has 9 heteroatoms. The van der Waals surface area contributed by atoms with Gasteiger partial charge in [0, 0.05) is 12.7 Å². The molecule has 0 fully saturated rings. The summed E-state index contributed by atoms with van der Waals surface area (Å²) in [4.78, 5) is 11.0. The molecule has 134 valence electrons. The number of alkyl halides is 3. The lowest BCUT2D eigenvalue weighted by molar-refractivity contribution is -0.137. The Labute approximate surface area is 142 Å². The predicted molar refractivity (Wildman–Crippen MR) is 86.5 cm³/mol. The van der Waals surface area contributed by atoms with Crippen LogP contribution in [0.2, 0.25) is 0 Å². The Kier molecular flexibility index (Phi) is 5.36. The van der Waals surface area contributed by atoms with Gasteiger partial charge in [0.25, 0.3) is 10.0 Å². The minimum atomic E-state index is -4.53. The van der Waals surface area contributed by atoms with Gasteiger partial charge in [-0.2, -0.15) is 13.2 Å². The molecule has 2 N–H and O–H groups in total. The van der Waals surface area contributed by atoms with Crippen LogP contribution in [0.1, 0.15) is 11.1 Å². The van der Waals surface area contributed by atoms with Crippen molar-refractivity contribution in [3.05, 3.63) is 59.7 Å². The average Bonchev–Trinajstić information content (AvgIpc) is 2.55. The van der Waals surface area contributed by atoms with E-state index in [9.17, 15) is 26.4 Å². The molecule has 0 spiro atoms. The van der Waals surface area contributed by atoms with E-state index in [4.69, 9.17) is 0 Å². The molecule has 0 aromatic heterocycles. The maximum Gasteiger partial charge on any atom is 0.416 e. The predicted octanol–water partition coefficient (Wildman–Crippen LogP) is 2.79. The van der Waals surface area contributed by atoms with Gasteiger partial charge < -0.3 is 5.32 Å². The van der Waals surface area contributed by atoms with Crippen molar-refractivity contribution < 1.29 is 26.4 Å². The zero-order valence-corrected chi connectivity index (χ0v) is 13.9. The first-order valence-electron chi connectivity index (χ1n) is 7.11. The van der Waals surface area contributed by atoms with Gasteiger partial charge in [0.15, 0.2) is 0 Å². The van der Waals surface area contributed by atoms with Crippen LogP contribution in [0.15, 0.2) is 53.4 Å². The highest BCUT2D eigenvalue weighted by atomic mass is 32.2. The van der Waals surface area contributed by atoms with Gasteiger partial charge in [-0.3, -0.25) is 9.52 Å². The van der Waals surface area contributed by atoms with E-state index >= 15 is 0 Å². The van der Waals surface area contributed by atoms with Gasteiger partial charge >= 0.3 is 6.18 Å². The van der Waals surface area contributed by atoms with E-state index in [1.165, 1.54) is 19.2 Å². The van der Waals surface area contributed by atoms with Crippen molar-refractivity contribution in [2.24, 2.45) is 0 Å². The van der Waals surface area contributed by atoms with Crippen LogP contribution >= 0.6 is 0 Å². The fourth-order valence-electron chi connectivity index (χ4n) is 2.00. The van der Waals surface area contributed by atoms with Gasteiger partial charge in [-0.25, -0.2) is 8.42 Å². The molecule has 0 bridgehead atoms. The second-order valence-electron chi connectivity index (χ2n) is 5.17. The van der Waals surface area contributed by atoms with Crippen LogP contribution in [0.3, 0.4) is 0 Å². The van der Waals surface area contributed by atoms with Crippen LogP contribution in [-0.4, -0.2) is 21.4 Å². The third-order valence-corrected chi connectivity index (χ3v) is 4.74. The molecular weight excluding hydrogens is 357 g/mol. The van der Waals surface area contributed by atoms with Crippen molar-refractivity contribution in [1.82, 2.24) is 5.32 Å². The Hall–Kier alpha value is -2.55. The third kappa shape index (κ3) is 4.96. The number of likely N-dealkylation sites (N-methyl/N-ethyl adjacent to an activating group) is 1. The number of rotatable bonds is 5. The smallest absolute Gasteiger partial charge is 0.359 e. The van der Waals surface area contributed by atoms with E-state index in [2.05, 4.69) is 10.0 Å². The van der Waals surface area contributed by atoms with E-state index in [0.29, 0.717) is 17.7 Å². The standard InChI is InChI=1S/C16H15F3N2O3S/c1-20-15(22)10-11-2-6-13(7-3-11)21-25(23,24)14-8-4-12(5-9-14)16(17,18)19/h2-9,21H,10H2,1H3,(H,20,22). The number of hydrogen-bond donors (Lipinski definition) is 2. The average molecular weight is 372 g/mol. The Morgan fingerprint density at radius 3 is 2.04 bits per heavy atom. The van der Waals surface area contributed by atoms with Crippen LogP contribution in [0, 0.1) is 0 Å². The molecule has 0 aliphatic heterocycles. The summed E-state index contributed by atoms with van der Waals surface area (Å²) in [7, 11) is -2.50. The van der Waals surface area contributed by atoms with Crippen LogP contribution in [0.5, 0.6) is 0 Å². The summed E-state index contributed by atoms with van der Waals surface area (Å²) in [5.41, 5.74) is 0.00221. The summed E-state index contributed by atoms with van der Waals surface area (Å²) in [5.74, 6) is -0.182. The van der Waals surface area contributed by atoms with Gasteiger partial charge in [-0.1, -0.05) is 12.1 Å². The van der Waals surface area contributed by atoms with Gasteiger partial charge in [0.05, 0.1) is 16.9 Å². The van der Waals surface area contributed by atoms with Crippen LogP contribution in [-0.2, 0) is 27.4 Å². The van der Waals surface area contributed by atoms with Crippen LogP contribution in [0.4, 0.5) is 18.9 Å². The Bertz CT molecular complexity index is 846. The highest BCUT2D eigenvalue weighted by Gasteiger charge is 2.30. The first-order valence-corrected chi connectivity index (χ1v) is 8.60. The minimum absolute atomic E-state index is 0.155. The molecule has 25 heavy (non-hydrogen) atoms. The number of carbonyl (C=O) groups is 1. The number of nitrogens with one attached hydrogen (secondary N) is 2. The van der Waals surface area contributed by atoms with Gasteiger partial charge in [0.2, 0.25) is 5.91 Å². The van der Waals surface area contributed by atoms with E-state index < -0.39 is 21.8 Å². The molecule has 0 aliphatic carbocycles. The highest BCUT2D eigenvalue weighted by Crippen LogP contribution is 2.30. The number of hydrogen-bond acceptors (Lipinski definition) is 3. The monoisotopic (exact) mass is 372 g/mol. The quantitative estimate of drug-likeness (QED) is 0.848. The van der Waals surface area contributed by atoms with Crippen molar-refractivity contribution in [3.8, 4) is 0 Å². The summed E-state index contributed by atoms with van der Waals surface area (Å²) >= 11 is 0. The molecule has 0 heterocycles. The van der Waals surface area contributed by atoms with Crippen molar-refractivity contribution in [2.45, 2.75) is 17.5 Å². The lowest BCUT2D eigenvalue weighted by Crippen LogP contribution is -2.19. The van der Waals surface area contributed by atoms with Crippen molar-refractivity contribution in [1.29, 1.82) is 0 Å². The maximum absolute atomic E-state index is 12.5. The Balaban J connectivity index is 2.14. The molecular formula is C16H15F3N2O3S. The molecule has 0 saturated heterocycles. The fraction of sp³-hybridized carbons (Fsp3) is 0.188. The summed E-state index contributed by atoms with van der Waals surface area (Å²) in [5, 5.41) is 2.47. The topological polar surface area (TPSA) is 75.3 Å². The molecule has 2 aromatic carbocycles. The first kappa shape index (κ1) is 18.8. The summed E-state index contributed by atoms with van der Waals surface area (Å²) in [6, 6.07) is 9.32. The minimum Gasteiger partial charge on any atom is -0.359 e. The lowest BCUT2D eigenvalue weighted by atomic mass is 10.1. The second-order valence-corrected chi connectivity index (χ2v) is 6.86. The molecule has 0 radical (unpaired) electrons. The second kappa shape index (κ2) is 7.14. The zero-order valence-electron chi connectivity index (χ0n) is 13.1. The number of anilines is 1. The van der Waals surface area contributed by atoms with Crippen molar-refractivity contribution in [2.75, 3.05) is 11.8 Å². The number of sulfonamides is 1. The first-order chi connectivity index (χ1) is 11.6. The van der Waals surface area contributed by atoms with E-state index in [1.807, 2.05) is 0 Å². The van der Waals surface area contributed by atoms with Crippen LogP contribution < -0.4 is 10.0 Å². The fourth-order valence-corrected chi connectivity index (χ4v) is 3.06. The Morgan fingerprint density at radius 1 is 1.00 bits per heavy atom. The molecule has 2 rings (SSSR count). The van der Waals surface area contributed by atoms with E-state index in [1.54, 1.807) is 12.1 Å². The number of benzene rings is 2. The SMILES string of the molecule is CNC(=O)Cc1ccc(NS(=O)(=O)c2ccc(C(F)(F)F)cc2)cc1. The van der Waals surface area contributed by atoms with Gasteiger partial charge in [0.1, 0.15) is 0 Å². The normalized spacial score (nSPS) is 11.8. The zero-order chi connectivity index (χ0) is 18.7. The van der Waals surface area contributed by atoms with E-state index in [0.717, 1.165) is 12.1 Å². The van der Waals surface area contributed by atoms with Gasteiger partial charge in [-0.05, 0) is 42.0 Å². The van der Waals surface area contributed by atoms with E-state index in [-0.39, 0.29) is 22.9 Å².